The minimum atomic E-state index is -0.605. The molecule has 0 aromatic carbocycles. The minimum Gasteiger partial charge on any atom is -0.251 e. The fourth-order valence-corrected chi connectivity index (χ4v) is 1.52. The van der Waals surface area contributed by atoms with Crippen LogP contribution in [-0.4, -0.2) is 10.9 Å². The van der Waals surface area contributed by atoms with Gasteiger partial charge in [0.15, 0.2) is 0 Å². The largest absolute Gasteiger partial charge is 0.251 e. The molecule has 14 heavy (non-hydrogen) atoms. The molecule has 0 fully saturated rings. The van der Waals surface area contributed by atoms with Gasteiger partial charge in [-0.05, 0) is 18.1 Å². The standard InChI is InChI=1S/C12H16O2/c1-3-5-11-6-9-12(14-13,8-4-2)10-7-11/h3-4,6-7,9,13H,1-2,5,8,10H2. The first-order valence-corrected chi connectivity index (χ1v) is 4.69. The third kappa shape index (κ3) is 2.44. The second kappa shape index (κ2) is 4.94. The van der Waals surface area contributed by atoms with E-state index in [9.17, 15) is 0 Å². The minimum absolute atomic E-state index is 0.605. The lowest BCUT2D eigenvalue weighted by atomic mass is 9.88. The molecule has 1 aliphatic rings. The van der Waals surface area contributed by atoms with Gasteiger partial charge in [-0.15, -0.1) is 13.2 Å². The number of rotatable bonds is 5. The van der Waals surface area contributed by atoms with Crippen LogP contribution in [0.5, 0.6) is 0 Å². The molecule has 1 atom stereocenters. The van der Waals surface area contributed by atoms with E-state index in [1.54, 1.807) is 6.08 Å². The highest BCUT2D eigenvalue weighted by atomic mass is 17.1. The van der Waals surface area contributed by atoms with Crippen LogP contribution >= 0.6 is 0 Å². The van der Waals surface area contributed by atoms with Gasteiger partial charge >= 0.3 is 0 Å². The molecular weight excluding hydrogens is 176 g/mol. The maximum atomic E-state index is 8.84. The molecule has 0 saturated heterocycles. The Bertz CT molecular complexity index is 276. The predicted octanol–water partition coefficient (Wildman–Crippen LogP) is 3.25. The van der Waals surface area contributed by atoms with Crippen molar-refractivity contribution in [1.82, 2.24) is 0 Å². The summed E-state index contributed by atoms with van der Waals surface area (Å²) in [6.07, 6.45) is 11.6. The summed E-state index contributed by atoms with van der Waals surface area (Å²) >= 11 is 0. The van der Waals surface area contributed by atoms with Gasteiger partial charge in [-0.1, -0.05) is 24.3 Å². The van der Waals surface area contributed by atoms with Crippen LogP contribution in [0.3, 0.4) is 0 Å². The average molecular weight is 192 g/mol. The Hall–Kier alpha value is -1.12. The molecular formula is C12H16O2. The lowest BCUT2D eigenvalue weighted by molar-refractivity contribution is -0.306. The van der Waals surface area contributed by atoms with Crippen LogP contribution < -0.4 is 0 Å². The van der Waals surface area contributed by atoms with Gasteiger partial charge in [-0.3, -0.25) is 5.26 Å². The smallest absolute Gasteiger partial charge is 0.128 e. The van der Waals surface area contributed by atoms with Gasteiger partial charge in [0.25, 0.3) is 0 Å². The molecule has 0 radical (unpaired) electrons. The zero-order valence-corrected chi connectivity index (χ0v) is 8.28. The van der Waals surface area contributed by atoms with E-state index in [1.165, 1.54) is 5.57 Å². The highest BCUT2D eigenvalue weighted by Gasteiger charge is 2.28. The normalized spacial score (nSPS) is 25.6. The summed E-state index contributed by atoms with van der Waals surface area (Å²) in [4.78, 5) is 4.52. The van der Waals surface area contributed by atoms with Crippen molar-refractivity contribution >= 4 is 0 Å². The summed E-state index contributed by atoms with van der Waals surface area (Å²) in [6, 6.07) is 0. The maximum Gasteiger partial charge on any atom is 0.128 e. The SMILES string of the molecule is C=CCC1=CCC(CC=C)(OO)C=C1. The van der Waals surface area contributed by atoms with Gasteiger partial charge in [0.05, 0.1) is 0 Å². The van der Waals surface area contributed by atoms with E-state index < -0.39 is 5.60 Å². The Morgan fingerprint density at radius 3 is 2.71 bits per heavy atom. The lowest BCUT2D eigenvalue weighted by Crippen LogP contribution is -2.29. The summed E-state index contributed by atoms with van der Waals surface area (Å²) in [6.45, 7) is 7.32. The van der Waals surface area contributed by atoms with Crippen LogP contribution in [-0.2, 0) is 4.89 Å². The van der Waals surface area contributed by atoms with Crippen molar-refractivity contribution in [2.45, 2.75) is 24.9 Å². The highest BCUT2D eigenvalue weighted by molar-refractivity contribution is 5.29. The molecule has 1 N–H and O–H groups in total. The third-order valence-electron chi connectivity index (χ3n) is 2.36. The van der Waals surface area contributed by atoms with Gasteiger partial charge in [-0.2, -0.15) is 0 Å². The van der Waals surface area contributed by atoms with Gasteiger partial charge in [0.1, 0.15) is 5.60 Å². The van der Waals surface area contributed by atoms with E-state index in [-0.39, 0.29) is 0 Å². The van der Waals surface area contributed by atoms with Crippen LogP contribution in [0.25, 0.3) is 0 Å². The predicted molar refractivity (Wildman–Crippen MR) is 57.9 cm³/mol. The number of allylic oxidation sites excluding steroid dienone is 3. The first kappa shape index (κ1) is 11.0. The topological polar surface area (TPSA) is 29.5 Å². The summed E-state index contributed by atoms with van der Waals surface area (Å²) in [7, 11) is 0. The Morgan fingerprint density at radius 2 is 2.29 bits per heavy atom. The molecule has 1 aliphatic carbocycles. The zero-order chi connectivity index (χ0) is 10.4. The molecule has 1 rings (SSSR count). The second-order valence-corrected chi connectivity index (χ2v) is 3.46. The summed E-state index contributed by atoms with van der Waals surface area (Å²) in [5.74, 6) is 0. The van der Waals surface area contributed by atoms with Gasteiger partial charge in [0.2, 0.25) is 0 Å². The second-order valence-electron chi connectivity index (χ2n) is 3.46. The van der Waals surface area contributed by atoms with E-state index >= 15 is 0 Å². The van der Waals surface area contributed by atoms with Crippen molar-refractivity contribution in [2.75, 3.05) is 0 Å². The Kier molecular flexibility index (Phi) is 3.86. The van der Waals surface area contributed by atoms with Gasteiger partial charge in [-0.25, -0.2) is 4.89 Å². The molecule has 0 aromatic rings. The van der Waals surface area contributed by atoms with E-state index in [4.69, 9.17) is 5.26 Å². The van der Waals surface area contributed by atoms with Crippen LogP contribution in [0.2, 0.25) is 0 Å². The molecule has 0 spiro atoms. The van der Waals surface area contributed by atoms with E-state index in [2.05, 4.69) is 24.1 Å². The highest BCUT2D eigenvalue weighted by Crippen LogP contribution is 2.28. The Morgan fingerprint density at radius 1 is 1.50 bits per heavy atom. The van der Waals surface area contributed by atoms with Crippen molar-refractivity contribution in [2.24, 2.45) is 0 Å². The van der Waals surface area contributed by atoms with E-state index in [0.29, 0.717) is 12.8 Å². The molecule has 1 unspecified atom stereocenters. The molecule has 0 aliphatic heterocycles. The van der Waals surface area contributed by atoms with Crippen molar-refractivity contribution < 1.29 is 10.1 Å². The monoisotopic (exact) mass is 192 g/mol. The van der Waals surface area contributed by atoms with Crippen molar-refractivity contribution in [1.29, 1.82) is 0 Å². The van der Waals surface area contributed by atoms with Crippen LogP contribution in [0.1, 0.15) is 19.3 Å². The number of hydrogen-bond donors (Lipinski definition) is 1. The molecule has 0 bridgehead atoms. The first-order chi connectivity index (χ1) is 6.76. The van der Waals surface area contributed by atoms with Gasteiger partial charge < -0.3 is 0 Å². The summed E-state index contributed by atoms with van der Waals surface area (Å²) < 4.78 is 0. The fraction of sp³-hybridized carbons (Fsp3) is 0.333. The Balaban J connectivity index is 2.68. The molecule has 76 valence electrons. The van der Waals surface area contributed by atoms with Gasteiger partial charge in [0, 0.05) is 12.8 Å². The lowest BCUT2D eigenvalue weighted by Gasteiger charge is -2.27. The van der Waals surface area contributed by atoms with E-state index in [1.807, 2.05) is 18.2 Å². The van der Waals surface area contributed by atoms with Crippen LogP contribution in [0, 0.1) is 0 Å². The third-order valence-corrected chi connectivity index (χ3v) is 2.36. The van der Waals surface area contributed by atoms with Crippen molar-refractivity contribution in [3.8, 4) is 0 Å². The van der Waals surface area contributed by atoms with Crippen molar-refractivity contribution in [3.63, 3.8) is 0 Å². The molecule has 0 heterocycles. The van der Waals surface area contributed by atoms with Crippen LogP contribution in [0.15, 0.2) is 49.1 Å². The fourth-order valence-electron chi connectivity index (χ4n) is 1.52. The molecule has 0 amide bonds. The maximum absolute atomic E-state index is 8.84. The number of hydrogen-bond acceptors (Lipinski definition) is 2. The summed E-state index contributed by atoms with van der Waals surface area (Å²) in [5.41, 5.74) is 0.601. The molecule has 2 heteroatoms. The zero-order valence-electron chi connectivity index (χ0n) is 8.28. The average Bonchev–Trinajstić information content (AvgIpc) is 2.22. The van der Waals surface area contributed by atoms with E-state index in [0.717, 1.165) is 6.42 Å². The first-order valence-electron chi connectivity index (χ1n) is 4.69. The van der Waals surface area contributed by atoms with Crippen molar-refractivity contribution in [3.05, 3.63) is 49.1 Å². The quantitative estimate of drug-likeness (QED) is 0.411. The molecule has 2 nitrogen and oxygen atoms in total. The van der Waals surface area contributed by atoms with Crippen LogP contribution in [0.4, 0.5) is 0 Å². The molecule has 0 aromatic heterocycles. The molecule has 0 saturated carbocycles. The Labute approximate surface area is 84.8 Å². The summed E-state index contributed by atoms with van der Waals surface area (Å²) in [5, 5.41) is 8.84.